The van der Waals surface area contributed by atoms with Crippen LogP contribution in [0.15, 0.2) is 87.1 Å². The zero-order valence-electron chi connectivity index (χ0n) is 22.9. The Hall–Kier alpha value is -3.89. The van der Waals surface area contributed by atoms with Crippen LogP contribution < -0.4 is 15.1 Å². The summed E-state index contributed by atoms with van der Waals surface area (Å²) in [6.07, 6.45) is -9.64. The Kier molecular flexibility index (Phi) is 8.17. The fourth-order valence-corrected chi connectivity index (χ4v) is 8.82. The number of hydrogen-bond acceptors (Lipinski definition) is 6. The highest BCUT2D eigenvalue weighted by atomic mass is 79.9. The van der Waals surface area contributed by atoms with Gasteiger partial charge in [-0.1, -0.05) is 75.4 Å². The Bertz CT molecular complexity index is 1960. The maximum Gasteiger partial charge on any atom is 0.418 e. The lowest BCUT2D eigenvalue weighted by Crippen LogP contribution is -2.33. The number of alkyl halides is 6. The summed E-state index contributed by atoms with van der Waals surface area (Å²) >= 11 is 4.82. The molecule has 0 radical (unpaired) electrons. The van der Waals surface area contributed by atoms with Crippen molar-refractivity contribution in [3.8, 4) is 0 Å². The fourth-order valence-electron chi connectivity index (χ4n) is 5.63. The molecule has 16 heteroatoms. The van der Waals surface area contributed by atoms with Gasteiger partial charge < -0.3 is 5.32 Å². The second kappa shape index (κ2) is 11.7. The van der Waals surface area contributed by atoms with Crippen molar-refractivity contribution in [3.63, 3.8) is 0 Å². The highest BCUT2D eigenvalue weighted by Crippen LogP contribution is 2.54. The second-order valence-corrected chi connectivity index (χ2v) is 13.4. The number of benzene rings is 3. The van der Waals surface area contributed by atoms with Crippen LogP contribution in [0.25, 0.3) is 0 Å². The molecule has 46 heavy (non-hydrogen) atoms. The van der Waals surface area contributed by atoms with E-state index in [1.165, 1.54) is 12.1 Å². The molecule has 1 aromatic heterocycles. The fraction of sp³-hybridized carbons (Fsp3) is 0.200. The third kappa shape index (κ3) is 5.66. The zero-order chi connectivity index (χ0) is 33.1. The van der Waals surface area contributed by atoms with Crippen molar-refractivity contribution in [2.75, 3.05) is 10.2 Å². The first-order chi connectivity index (χ1) is 21.7. The smallest absolute Gasteiger partial charge is 0.324 e. The van der Waals surface area contributed by atoms with Crippen molar-refractivity contribution in [1.82, 2.24) is 4.57 Å². The molecular weight excluding hydrogens is 724 g/mol. The van der Waals surface area contributed by atoms with Crippen LogP contribution in [0.4, 0.5) is 37.7 Å². The number of nitrogens with zero attached hydrogens (tertiary/aromatic N) is 2. The summed E-state index contributed by atoms with van der Waals surface area (Å²) < 4.78 is 83.9. The molecule has 2 aliphatic heterocycles. The average Bonchev–Trinajstić information content (AvgIpc) is 3.42. The van der Waals surface area contributed by atoms with Gasteiger partial charge in [0.25, 0.3) is 0 Å². The summed E-state index contributed by atoms with van der Waals surface area (Å²) in [5, 5.41) is 1.03. The van der Waals surface area contributed by atoms with Gasteiger partial charge in [-0.2, -0.15) is 26.3 Å². The van der Waals surface area contributed by atoms with Gasteiger partial charge >= 0.3 is 17.2 Å². The SMILES string of the molecule is O=C(Cn1c2c(sc1=O)C(c1cccc(Br)c1)C1C(=O)N(c3ccccc3C(F)(F)F)C(=O)C1S2)Nc1ccccc1C(F)(F)F. The number of thioether (sulfide) groups is 1. The number of thiazole rings is 1. The summed E-state index contributed by atoms with van der Waals surface area (Å²) in [6.45, 7) is -0.727. The molecule has 3 atom stereocenters. The van der Waals surface area contributed by atoms with Crippen LogP contribution >= 0.6 is 39.0 Å². The topological polar surface area (TPSA) is 88.5 Å². The number of anilines is 2. The molecule has 1 fully saturated rings. The summed E-state index contributed by atoms with van der Waals surface area (Å²) in [5.41, 5.74) is -2.94. The number of amides is 3. The number of rotatable bonds is 5. The molecule has 238 valence electrons. The molecule has 4 aromatic rings. The average molecular weight is 743 g/mol. The van der Waals surface area contributed by atoms with Crippen LogP contribution in [-0.4, -0.2) is 27.5 Å². The van der Waals surface area contributed by atoms with Crippen molar-refractivity contribution in [2.24, 2.45) is 5.92 Å². The van der Waals surface area contributed by atoms with Crippen molar-refractivity contribution in [1.29, 1.82) is 0 Å². The van der Waals surface area contributed by atoms with Crippen molar-refractivity contribution in [2.45, 2.75) is 35.1 Å². The Balaban J connectivity index is 1.42. The highest BCUT2D eigenvalue weighted by molar-refractivity contribution is 9.10. The van der Waals surface area contributed by atoms with Crippen LogP contribution in [0.2, 0.25) is 0 Å². The van der Waals surface area contributed by atoms with Crippen LogP contribution in [0.3, 0.4) is 0 Å². The van der Waals surface area contributed by atoms with Gasteiger partial charge in [0.05, 0.1) is 33.4 Å². The van der Waals surface area contributed by atoms with Gasteiger partial charge in [-0.3, -0.25) is 23.7 Å². The lowest BCUT2D eigenvalue weighted by atomic mass is 9.83. The van der Waals surface area contributed by atoms with Crippen LogP contribution in [-0.2, 0) is 33.3 Å². The van der Waals surface area contributed by atoms with Crippen molar-refractivity contribution < 1.29 is 40.7 Å². The predicted octanol–water partition coefficient (Wildman–Crippen LogP) is 7.14. The molecule has 0 spiro atoms. The van der Waals surface area contributed by atoms with Gasteiger partial charge in [-0.25, -0.2) is 4.90 Å². The molecule has 0 bridgehead atoms. The van der Waals surface area contributed by atoms with Crippen molar-refractivity contribution >= 4 is 68.1 Å². The number of hydrogen-bond donors (Lipinski definition) is 1. The van der Waals surface area contributed by atoms with Gasteiger partial charge in [0, 0.05) is 15.3 Å². The lowest BCUT2D eigenvalue weighted by molar-refractivity contribution is -0.138. The third-order valence-electron chi connectivity index (χ3n) is 7.52. The maximum atomic E-state index is 14.0. The lowest BCUT2D eigenvalue weighted by Gasteiger charge is -2.30. The predicted molar refractivity (Wildman–Crippen MR) is 162 cm³/mol. The number of imide groups is 1. The van der Waals surface area contributed by atoms with Crippen LogP contribution in [0.5, 0.6) is 0 Å². The molecular formula is C30H18BrF6N3O4S2. The van der Waals surface area contributed by atoms with E-state index in [9.17, 15) is 45.5 Å². The number of aromatic nitrogens is 1. The first kappa shape index (κ1) is 32.1. The molecule has 3 unspecified atom stereocenters. The minimum Gasteiger partial charge on any atom is -0.324 e. The Morgan fingerprint density at radius 1 is 0.848 bits per heavy atom. The summed E-state index contributed by atoms with van der Waals surface area (Å²) in [6, 6.07) is 15.2. The van der Waals surface area contributed by atoms with E-state index in [1.54, 1.807) is 24.3 Å². The number of para-hydroxylation sites is 2. The molecule has 3 amide bonds. The largest absolute Gasteiger partial charge is 0.418 e. The zero-order valence-corrected chi connectivity index (χ0v) is 26.1. The Morgan fingerprint density at radius 3 is 2.17 bits per heavy atom. The van der Waals surface area contributed by atoms with Gasteiger partial charge in [0.15, 0.2) is 0 Å². The number of carbonyl (C=O) groups excluding carboxylic acids is 3. The minimum atomic E-state index is -4.88. The first-order valence-electron chi connectivity index (χ1n) is 13.3. The number of fused-ring (bicyclic) bond motifs is 2. The molecule has 0 aliphatic carbocycles. The van der Waals surface area contributed by atoms with Gasteiger partial charge in [0.2, 0.25) is 17.7 Å². The van der Waals surface area contributed by atoms with E-state index in [4.69, 9.17) is 0 Å². The van der Waals surface area contributed by atoms with Crippen LogP contribution in [0.1, 0.15) is 27.5 Å². The summed E-state index contributed by atoms with van der Waals surface area (Å²) in [4.78, 5) is 54.3. The Labute approximate surface area is 272 Å². The van der Waals surface area contributed by atoms with Gasteiger partial charge in [0.1, 0.15) is 11.8 Å². The molecule has 3 aromatic carbocycles. The van der Waals surface area contributed by atoms with Crippen LogP contribution in [0, 0.1) is 5.92 Å². The van der Waals surface area contributed by atoms with Gasteiger partial charge in [-0.15, -0.1) is 0 Å². The molecule has 6 rings (SSSR count). The van der Waals surface area contributed by atoms with E-state index in [0.717, 1.165) is 52.7 Å². The first-order valence-corrected chi connectivity index (χ1v) is 15.8. The quantitative estimate of drug-likeness (QED) is 0.174. The molecule has 1 saturated heterocycles. The number of carbonyl (C=O) groups is 3. The number of nitrogens with one attached hydrogen (secondary N) is 1. The summed E-state index contributed by atoms with van der Waals surface area (Å²) in [5.74, 6) is -4.96. The molecule has 0 saturated carbocycles. The Morgan fingerprint density at radius 2 is 1.50 bits per heavy atom. The maximum absolute atomic E-state index is 14.0. The van der Waals surface area contributed by atoms with E-state index in [-0.39, 0.29) is 5.03 Å². The molecule has 2 aliphatic rings. The number of halogens is 7. The highest BCUT2D eigenvalue weighted by Gasteiger charge is 2.57. The molecule has 7 nitrogen and oxygen atoms in total. The van der Waals surface area contributed by atoms with E-state index in [2.05, 4.69) is 21.2 Å². The monoisotopic (exact) mass is 741 g/mol. The van der Waals surface area contributed by atoms with E-state index in [1.807, 2.05) is 0 Å². The second-order valence-electron chi connectivity index (χ2n) is 10.3. The summed E-state index contributed by atoms with van der Waals surface area (Å²) in [7, 11) is 0. The molecule has 3 heterocycles. The van der Waals surface area contributed by atoms with Crippen molar-refractivity contribution in [3.05, 3.63) is 109 Å². The molecule has 1 N–H and O–H groups in total. The van der Waals surface area contributed by atoms with E-state index >= 15 is 0 Å². The third-order valence-corrected chi connectivity index (χ3v) is 10.6. The van der Waals surface area contributed by atoms with E-state index in [0.29, 0.717) is 31.2 Å². The normalized spacial score (nSPS) is 19.6. The van der Waals surface area contributed by atoms with E-state index < -0.39 is 81.1 Å². The van der Waals surface area contributed by atoms with Gasteiger partial charge in [-0.05, 0) is 42.0 Å². The standard InChI is InChI=1S/C30H18BrF6N3O4S2/c31-15-7-5-6-14(12-15)21-22-23(26(43)40(25(22)42)19-11-4-2-9-17(19)30(35,36)37)45-27-24(21)46-28(44)39(27)13-20(41)38-18-10-3-1-8-16(18)29(32,33)34/h1-12,21-23H,13H2,(H,38,41). The minimum absolute atomic E-state index is 0.118.